The molecule has 7 nitrogen and oxygen atoms in total. The smallest absolute Gasteiger partial charge is 0.243 e. The Balaban J connectivity index is 1.72. The minimum absolute atomic E-state index is 0.0845. The van der Waals surface area contributed by atoms with Crippen LogP contribution in [0, 0.1) is 13.8 Å². The van der Waals surface area contributed by atoms with Gasteiger partial charge in [-0.05, 0) is 74.8 Å². The van der Waals surface area contributed by atoms with E-state index >= 15 is 0 Å². The van der Waals surface area contributed by atoms with Gasteiger partial charge < -0.3 is 10.2 Å². The number of rotatable bonds is 13. The molecule has 1 atom stereocenters. The van der Waals surface area contributed by atoms with E-state index in [1.165, 1.54) is 17.0 Å². The van der Waals surface area contributed by atoms with Crippen LogP contribution in [0.15, 0.2) is 48.5 Å². The molecule has 0 spiro atoms. The number of aryl methyl sites for hydroxylation is 2. The lowest BCUT2D eigenvalue weighted by Crippen LogP contribution is -2.52. The Bertz CT molecular complexity index is 1190. The summed E-state index contributed by atoms with van der Waals surface area (Å²) < 4.78 is 26.6. The lowest BCUT2D eigenvalue weighted by molar-refractivity contribution is -0.141. The molecule has 0 bridgehead atoms. The third kappa shape index (κ3) is 9.09. The highest BCUT2D eigenvalue weighted by Gasteiger charge is 2.30. The SMILES string of the molecule is CCC(C(=O)NC1CCCCC1)N(CCc1ccccc1)C(=O)CCCN(c1ccc(C)c(C)c1)S(C)(=O)=O. The molecule has 0 aromatic heterocycles. The second-order valence-electron chi connectivity index (χ2n) is 10.8. The van der Waals surface area contributed by atoms with Crippen LogP contribution in [0.25, 0.3) is 0 Å². The minimum Gasteiger partial charge on any atom is -0.352 e. The number of hydrogen-bond acceptors (Lipinski definition) is 4. The number of nitrogens with zero attached hydrogens (tertiary/aromatic N) is 2. The van der Waals surface area contributed by atoms with Crippen molar-refractivity contribution in [3.63, 3.8) is 0 Å². The molecule has 39 heavy (non-hydrogen) atoms. The van der Waals surface area contributed by atoms with Gasteiger partial charge in [0.2, 0.25) is 21.8 Å². The van der Waals surface area contributed by atoms with Crippen LogP contribution < -0.4 is 9.62 Å². The van der Waals surface area contributed by atoms with E-state index in [4.69, 9.17) is 0 Å². The van der Waals surface area contributed by atoms with Gasteiger partial charge in [-0.3, -0.25) is 13.9 Å². The van der Waals surface area contributed by atoms with E-state index in [0.29, 0.717) is 31.5 Å². The van der Waals surface area contributed by atoms with E-state index < -0.39 is 16.1 Å². The van der Waals surface area contributed by atoms with Crippen LogP contribution in [0.3, 0.4) is 0 Å². The molecule has 0 heterocycles. The number of sulfonamides is 1. The van der Waals surface area contributed by atoms with Crippen molar-refractivity contribution >= 4 is 27.5 Å². The van der Waals surface area contributed by atoms with Crippen LogP contribution in [0.2, 0.25) is 0 Å². The maximum absolute atomic E-state index is 13.6. The van der Waals surface area contributed by atoms with Crippen molar-refractivity contribution in [1.82, 2.24) is 10.2 Å². The Morgan fingerprint density at radius 3 is 2.28 bits per heavy atom. The molecule has 0 aliphatic heterocycles. The fourth-order valence-corrected chi connectivity index (χ4v) is 6.28. The Kier molecular flexibility index (Phi) is 11.4. The zero-order valence-electron chi connectivity index (χ0n) is 24.0. The van der Waals surface area contributed by atoms with Crippen LogP contribution >= 0.6 is 0 Å². The number of anilines is 1. The summed E-state index contributed by atoms with van der Waals surface area (Å²) in [7, 11) is -3.52. The molecule has 1 unspecified atom stereocenters. The standard InChI is InChI=1S/C31H45N3O4S/c1-5-29(31(36)32-27-15-10-7-11-16-27)33(22-20-26-13-8-6-9-14-26)30(35)17-12-21-34(39(4,37)38)28-19-18-24(2)25(3)23-28/h6,8-9,13-14,18-19,23,27,29H,5,7,10-12,15-17,20-22H2,1-4H3,(H,32,36). The summed E-state index contributed by atoms with van der Waals surface area (Å²) >= 11 is 0. The second kappa shape index (κ2) is 14.5. The van der Waals surface area contributed by atoms with Crippen molar-refractivity contribution in [3.05, 3.63) is 65.2 Å². The van der Waals surface area contributed by atoms with Gasteiger partial charge in [-0.15, -0.1) is 0 Å². The average Bonchev–Trinajstić information content (AvgIpc) is 2.91. The topological polar surface area (TPSA) is 86.8 Å². The zero-order chi connectivity index (χ0) is 28.4. The van der Waals surface area contributed by atoms with Crippen molar-refractivity contribution < 1.29 is 18.0 Å². The van der Waals surface area contributed by atoms with Gasteiger partial charge in [0.15, 0.2) is 0 Å². The van der Waals surface area contributed by atoms with Crippen LogP contribution in [0.4, 0.5) is 5.69 Å². The number of hydrogen-bond donors (Lipinski definition) is 1. The molecule has 0 radical (unpaired) electrons. The first-order chi connectivity index (χ1) is 18.6. The van der Waals surface area contributed by atoms with E-state index in [9.17, 15) is 18.0 Å². The van der Waals surface area contributed by atoms with Gasteiger partial charge in [-0.1, -0.05) is 62.6 Å². The Labute approximate surface area is 235 Å². The highest BCUT2D eigenvalue weighted by molar-refractivity contribution is 7.92. The quantitative estimate of drug-likeness (QED) is 0.370. The molecule has 0 saturated heterocycles. The van der Waals surface area contributed by atoms with Gasteiger partial charge in [0.1, 0.15) is 6.04 Å². The van der Waals surface area contributed by atoms with Gasteiger partial charge in [-0.2, -0.15) is 0 Å². The van der Waals surface area contributed by atoms with Crippen molar-refractivity contribution in [2.45, 2.75) is 90.6 Å². The highest BCUT2D eigenvalue weighted by atomic mass is 32.2. The average molecular weight is 556 g/mol. The maximum atomic E-state index is 13.6. The van der Waals surface area contributed by atoms with E-state index in [2.05, 4.69) is 5.32 Å². The molecule has 8 heteroatoms. The third-order valence-electron chi connectivity index (χ3n) is 7.75. The summed E-state index contributed by atoms with van der Waals surface area (Å²) in [6.45, 7) is 6.52. The van der Waals surface area contributed by atoms with E-state index in [-0.39, 0.29) is 30.8 Å². The van der Waals surface area contributed by atoms with Crippen molar-refractivity contribution in [2.24, 2.45) is 0 Å². The predicted molar refractivity (Wildman–Crippen MR) is 158 cm³/mol. The molecule has 3 rings (SSSR count). The number of benzene rings is 2. The van der Waals surface area contributed by atoms with Gasteiger partial charge in [0, 0.05) is 25.6 Å². The van der Waals surface area contributed by atoms with Crippen molar-refractivity contribution in [2.75, 3.05) is 23.7 Å². The van der Waals surface area contributed by atoms with Gasteiger partial charge in [-0.25, -0.2) is 8.42 Å². The second-order valence-corrected chi connectivity index (χ2v) is 12.7. The summed E-state index contributed by atoms with van der Waals surface area (Å²) in [5.41, 5.74) is 3.82. The predicted octanol–water partition coefficient (Wildman–Crippen LogP) is 5.15. The fourth-order valence-electron chi connectivity index (χ4n) is 5.32. The molecule has 2 amide bonds. The molecular weight excluding hydrogens is 510 g/mol. The first kappa shape index (κ1) is 30.7. The summed E-state index contributed by atoms with van der Waals surface area (Å²) in [4.78, 5) is 28.7. The van der Waals surface area contributed by atoms with E-state index in [1.54, 1.807) is 11.0 Å². The summed E-state index contributed by atoms with van der Waals surface area (Å²) in [5.74, 6) is -0.205. The summed E-state index contributed by atoms with van der Waals surface area (Å²) in [5, 5.41) is 3.21. The first-order valence-corrected chi connectivity index (χ1v) is 16.1. The molecule has 2 aromatic carbocycles. The number of nitrogens with one attached hydrogen (secondary N) is 1. The van der Waals surface area contributed by atoms with Crippen LogP contribution in [-0.2, 0) is 26.0 Å². The highest BCUT2D eigenvalue weighted by Crippen LogP contribution is 2.23. The number of carbonyl (C=O) groups excluding carboxylic acids is 2. The zero-order valence-corrected chi connectivity index (χ0v) is 24.8. The Morgan fingerprint density at radius 1 is 0.974 bits per heavy atom. The van der Waals surface area contributed by atoms with Crippen LogP contribution in [0.1, 0.15) is 75.0 Å². The van der Waals surface area contributed by atoms with E-state index in [1.807, 2.05) is 63.2 Å². The lowest BCUT2D eigenvalue weighted by atomic mass is 9.95. The normalized spacial score (nSPS) is 15.0. The van der Waals surface area contributed by atoms with Crippen molar-refractivity contribution in [1.29, 1.82) is 0 Å². The Hall–Kier alpha value is -2.87. The molecule has 1 fully saturated rings. The van der Waals surface area contributed by atoms with Gasteiger partial charge in [0.05, 0.1) is 11.9 Å². The first-order valence-electron chi connectivity index (χ1n) is 14.3. The van der Waals surface area contributed by atoms with E-state index in [0.717, 1.165) is 42.4 Å². The maximum Gasteiger partial charge on any atom is 0.243 e. The molecule has 1 aliphatic carbocycles. The summed E-state index contributed by atoms with van der Waals surface area (Å²) in [6, 6.07) is 15.2. The number of carbonyl (C=O) groups is 2. The summed E-state index contributed by atoms with van der Waals surface area (Å²) in [6.07, 6.45) is 8.32. The molecule has 1 aliphatic rings. The number of amides is 2. The Morgan fingerprint density at radius 2 is 1.67 bits per heavy atom. The molecule has 2 aromatic rings. The molecule has 1 N–H and O–H groups in total. The molecule has 1 saturated carbocycles. The van der Waals surface area contributed by atoms with Crippen LogP contribution in [0.5, 0.6) is 0 Å². The van der Waals surface area contributed by atoms with Gasteiger partial charge >= 0.3 is 0 Å². The van der Waals surface area contributed by atoms with Crippen molar-refractivity contribution in [3.8, 4) is 0 Å². The molecule has 214 valence electrons. The monoisotopic (exact) mass is 555 g/mol. The van der Waals surface area contributed by atoms with Gasteiger partial charge in [0.25, 0.3) is 0 Å². The minimum atomic E-state index is -3.52. The fraction of sp³-hybridized carbons (Fsp3) is 0.548. The molecular formula is C31H45N3O4S. The van der Waals surface area contributed by atoms with Crippen LogP contribution in [-0.4, -0.2) is 56.6 Å². The lowest BCUT2D eigenvalue weighted by Gasteiger charge is -2.33. The third-order valence-corrected chi connectivity index (χ3v) is 8.95. The largest absolute Gasteiger partial charge is 0.352 e.